The van der Waals surface area contributed by atoms with Crippen molar-refractivity contribution in [2.45, 2.75) is 6.92 Å². The molecule has 3 aromatic heterocycles. The number of fused-ring (bicyclic) bond motifs is 1. The molecule has 0 radical (unpaired) electrons. The monoisotopic (exact) mass is 394 g/mol. The van der Waals surface area contributed by atoms with Gasteiger partial charge in [0.2, 0.25) is 0 Å². The third-order valence-corrected chi connectivity index (χ3v) is 4.70. The summed E-state index contributed by atoms with van der Waals surface area (Å²) in [4.78, 5) is 8.69. The van der Waals surface area contributed by atoms with Crippen LogP contribution in [0.4, 0.5) is 5.82 Å². The summed E-state index contributed by atoms with van der Waals surface area (Å²) in [5, 5.41) is 14.1. The lowest BCUT2D eigenvalue weighted by atomic mass is 10.3. The molecule has 30 heavy (non-hydrogen) atoms. The van der Waals surface area contributed by atoms with Crippen LogP contribution < -0.4 is 5.43 Å². The van der Waals surface area contributed by atoms with Crippen LogP contribution >= 0.6 is 0 Å². The lowest BCUT2D eigenvalue weighted by Gasteiger charge is -2.03. The second-order valence-corrected chi connectivity index (χ2v) is 6.67. The molecule has 0 spiro atoms. The van der Waals surface area contributed by atoms with Gasteiger partial charge in [-0.1, -0.05) is 36.4 Å². The minimum Gasteiger partial charge on any atom is -0.261 e. The van der Waals surface area contributed by atoms with Gasteiger partial charge in [0, 0.05) is 11.8 Å². The van der Waals surface area contributed by atoms with Gasteiger partial charge in [-0.15, -0.1) is 0 Å². The Bertz CT molecular complexity index is 1320. The highest BCUT2D eigenvalue weighted by Crippen LogP contribution is 2.21. The van der Waals surface area contributed by atoms with E-state index < -0.39 is 0 Å². The third-order valence-electron chi connectivity index (χ3n) is 4.70. The van der Waals surface area contributed by atoms with Crippen LogP contribution in [0, 0.1) is 6.92 Å². The predicted molar refractivity (Wildman–Crippen MR) is 116 cm³/mol. The number of hydrazone groups is 1. The van der Waals surface area contributed by atoms with Crippen molar-refractivity contribution >= 4 is 23.1 Å². The molecule has 0 aliphatic heterocycles. The number of hydrogen-bond donors (Lipinski definition) is 1. The van der Waals surface area contributed by atoms with Gasteiger partial charge >= 0.3 is 0 Å². The highest BCUT2D eigenvalue weighted by molar-refractivity contribution is 5.88. The Morgan fingerprint density at radius 3 is 2.43 bits per heavy atom. The number of rotatable bonds is 5. The Balaban J connectivity index is 1.40. The zero-order valence-corrected chi connectivity index (χ0v) is 16.2. The second kappa shape index (κ2) is 7.59. The van der Waals surface area contributed by atoms with Crippen molar-refractivity contribution in [2.24, 2.45) is 5.10 Å². The highest BCUT2D eigenvalue weighted by Gasteiger charge is 2.10. The normalized spacial score (nSPS) is 11.4. The molecular formula is C22H18N8. The number of benzene rings is 2. The average molecular weight is 394 g/mol. The first-order valence-electron chi connectivity index (χ1n) is 9.44. The zero-order valence-electron chi connectivity index (χ0n) is 16.2. The first-order valence-corrected chi connectivity index (χ1v) is 9.44. The number of nitrogens with zero attached hydrogens (tertiary/aromatic N) is 7. The summed E-state index contributed by atoms with van der Waals surface area (Å²) in [5.41, 5.74) is 7.45. The molecule has 5 aromatic rings. The van der Waals surface area contributed by atoms with Crippen molar-refractivity contribution < 1.29 is 0 Å². The van der Waals surface area contributed by atoms with Crippen molar-refractivity contribution in [1.29, 1.82) is 0 Å². The quantitative estimate of drug-likeness (QED) is 0.362. The molecule has 5 rings (SSSR count). The zero-order chi connectivity index (χ0) is 20.3. The molecule has 0 saturated heterocycles. The van der Waals surface area contributed by atoms with Gasteiger partial charge in [0.05, 0.1) is 34.9 Å². The van der Waals surface area contributed by atoms with E-state index in [0.29, 0.717) is 11.5 Å². The van der Waals surface area contributed by atoms with Gasteiger partial charge < -0.3 is 0 Å². The number of para-hydroxylation sites is 2. The van der Waals surface area contributed by atoms with E-state index in [2.05, 4.69) is 30.7 Å². The molecule has 0 bridgehead atoms. The minimum absolute atomic E-state index is 0.589. The van der Waals surface area contributed by atoms with Crippen molar-refractivity contribution in [3.63, 3.8) is 0 Å². The average Bonchev–Trinajstić information content (AvgIpc) is 3.39. The summed E-state index contributed by atoms with van der Waals surface area (Å²) in [7, 11) is 0. The highest BCUT2D eigenvalue weighted by atomic mass is 15.3. The summed E-state index contributed by atoms with van der Waals surface area (Å²) in [6.07, 6.45) is 6.91. The van der Waals surface area contributed by atoms with Gasteiger partial charge in [-0.2, -0.15) is 15.3 Å². The van der Waals surface area contributed by atoms with Crippen LogP contribution in [-0.4, -0.2) is 35.7 Å². The van der Waals surface area contributed by atoms with E-state index in [4.69, 9.17) is 0 Å². The predicted octanol–water partition coefficient (Wildman–Crippen LogP) is 3.76. The molecule has 0 unspecified atom stereocenters. The van der Waals surface area contributed by atoms with Crippen LogP contribution in [-0.2, 0) is 0 Å². The van der Waals surface area contributed by atoms with Crippen LogP contribution in [0.15, 0.2) is 84.5 Å². The van der Waals surface area contributed by atoms with Gasteiger partial charge in [0.25, 0.3) is 0 Å². The first-order chi connectivity index (χ1) is 14.8. The van der Waals surface area contributed by atoms with E-state index >= 15 is 0 Å². The van der Waals surface area contributed by atoms with Crippen LogP contribution in [0.5, 0.6) is 0 Å². The molecule has 0 saturated carbocycles. The fraction of sp³-hybridized carbons (Fsp3) is 0.0455. The minimum atomic E-state index is 0.589. The molecular weight excluding hydrogens is 376 g/mol. The Morgan fingerprint density at radius 1 is 0.933 bits per heavy atom. The topological polar surface area (TPSA) is 85.8 Å². The van der Waals surface area contributed by atoms with Crippen LogP contribution in [0.1, 0.15) is 11.3 Å². The van der Waals surface area contributed by atoms with Gasteiger partial charge in [-0.25, -0.2) is 19.3 Å². The standard InChI is InChI=1S/C22H18N8/c1-16-17(14-29(28-16)18-8-4-2-5-9-18)12-25-27-21-20-13-26-30(22(20)24-15-23-21)19-10-6-3-7-11-19/h2-15H,1H3,(H,23,24,27). The summed E-state index contributed by atoms with van der Waals surface area (Å²) >= 11 is 0. The van der Waals surface area contributed by atoms with Crippen molar-refractivity contribution in [2.75, 3.05) is 5.43 Å². The maximum absolute atomic E-state index is 4.55. The fourth-order valence-electron chi connectivity index (χ4n) is 3.17. The SMILES string of the molecule is Cc1nn(-c2ccccc2)cc1C=NNc1ncnc2c1cnn2-c1ccccc1. The molecule has 2 aromatic carbocycles. The molecule has 0 aliphatic carbocycles. The van der Waals surface area contributed by atoms with E-state index in [1.807, 2.05) is 78.5 Å². The molecule has 0 amide bonds. The van der Waals surface area contributed by atoms with Crippen LogP contribution in [0.25, 0.3) is 22.4 Å². The lowest BCUT2D eigenvalue weighted by Crippen LogP contribution is -1.99. The maximum Gasteiger partial charge on any atom is 0.168 e. The van der Waals surface area contributed by atoms with E-state index in [1.54, 1.807) is 17.1 Å². The summed E-state index contributed by atoms with van der Waals surface area (Å²) < 4.78 is 3.61. The van der Waals surface area contributed by atoms with Gasteiger partial charge in [-0.05, 0) is 31.2 Å². The largest absolute Gasteiger partial charge is 0.261 e. The molecule has 3 heterocycles. The second-order valence-electron chi connectivity index (χ2n) is 6.67. The number of nitrogens with one attached hydrogen (secondary N) is 1. The summed E-state index contributed by atoms with van der Waals surface area (Å²) in [5.74, 6) is 0.589. The lowest BCUT2D eigenvalue weighted by molar-refractivity contribution is 0.863. The molecule has 146 valence electrons. The van der Waals surface area contributed by atoms with Crippen molar-refractivity contribution in [1.82, 2.24) is 29.5 Å². The van der Waals surface area contributed by atoms with E-state index in [1.165, 1.54) is 6.33 Å². The van der Waals surface area contributed by atoms with Crippen LogP contribution in [0.2, 0.25) is 0 Å². The summed E-state index contributed by atoms with van der Waals surface area (Å²) in [6, 6.07) is 19.8. The van der Waals surface area contributed by atoms with E-state index in [-0.39, 0.29) is 0 Å². The van der Waals surface area contributed by atoms with Crippen LogP contribution in [0.3, 0.4) is 0 Å². The van der Waals surface area contributed by atoms with E-state index in [9.17, 15) is 0 Å². The summed E-state index contributed by atoms with van der Waals surface area (Å²) in [6.45, 7) is 1.95. The Hall–Kier alpha value is -4.33. The first kappa shape index (κ1) is 17.7. The molecule has 0 atom stereocenters. The Morgan fingerprint density at radius 2 is 1.67 bits per heavy atom. The molecule has 8 heteroatoms. The van der Waals surface area contributed by atoms with Crippen molar-refractivity contribution in [3.8, 4) is 11.4 Å². The fourth-order valence-corrected chi connectivity index (χ4v) is 3.17. The molecule has 1 N–H and O–H groups in total. The maximum atomic E-state index is 4.55. The van der Waals surface area contributed by atoms with Gasteiger partial charge in [0.15, 0.2) is 11.5 Å². The molecule has 8 nitrogen and oxygen atoms in total. The number of aryl methyl sites for hydroxylation is 1. The van der Waals surface area contributed by atoms with Gasteiger partial charge in [-0.3, -0.25) is 5.43 Å². The number of anilines is 1. The molecule has 0 aliphatic rings. The van der Waals surface area contributed by atoms with E-state index in [0.717, 1.165) is 28.0 Å². The van der Waals surface area contributed by atoms with Crippen molar-refractivity contribution in [3.05, 3.63) is 90.6 Å². The van der Waals surface area contributed by atoms with Gasteiger partial charge in [0.1, 0.15) is 6.33 Å². The Labute approximate surface area is 172 Å². The third kappa shape index (κ3) is 3.30. The number of hydrogen-bond acceptors (Lipinski definition) is 6. The Kier molecular flexibility index (Phi) is 4.49. The molecule has 0 fully saturated rings. The smallest absolute Gasteiger partial charge is 0.168 e. The number of aromatic nitrogens is 6.